The molecule has 3 rings (SSSR count). The van der Waals surface area contributed by atoms with Crippen LogP contribution in [-0.4, -0.2) is 15.8 Å². The first-order chi connectivity index (χ1) is 11.0. The molecule has 0 fully saturated rings. The standard InChI is InChI=1S/C17H13ClN2O2S/c1-9-7-13(18)11(8-19-9)3-4-14(21)15-10(2)12-5-6-23-17(12)20-16(15)22/h3-8H,1-2H3,(H,20,22)/b4-3+. The monoisotopic (exact) mass is 344 g/mol. The van der Waals surface area contributed by atoms with Gasteiger partial charge in [-0.2, -0.15) is 0 Å². The zero-order valence-electron chi connectivity index (χ0n) is 12.5. The number of hydrogen-bond donors (Lipinski definition) is 1. The number of H-pyrrole nitrogens is 1. The summed E-state index contributed by atoms with van der Waals surface area (Å²) in [6.07, 6.45) is 4.53. The fraction of sp³-hybridized carbons (Fsp3) is 0.118. The first kappa shape index (κ1) is 15.6. The number of halogens is 1. The summed E-state index contributed by atoms with van der Waals surface area (Å²) in [4.78, 5) is 32.3. The lowest BCUT2D eigenvalue weighted by atomic mass is 10.0. The van der Waals surface area contributed by atoms with Crippen LogP contribution in [0.3, 0.4) is 0 Å². The molecular formula is C17H13ClN2O2S. The number of rotatable bonds is 3. The van der Waals surface area contributed by atoms with Crippen molar-refractivity contribution in [3.63, 3.8) is 0 Å². The van der Waals surface area contributed by atoms with E-state index in [1.54, 1.807) is 25.3 Å². The van der Waals surface area contributed by atoms with Gasteiger partial charge in [0.05, 0.1) is 10.6 Å². The summed E-state index contributed by atoms with van der Waals surface area (Å²) in [7, 11) is 0. The van der Waals surface area contributed by atoms with Crippen molar-refractivity contribution in [1.29, 1.82) is 0 Å². The van der Waals surface area contributed by atoms with Crippen molar-refractivity contribution < 1.29 is 4.79 Å². The Hall–Kier alpha value is -2.24. The van der Waals surface area contributed by atoms with Gasteiger partial charge in [0.15, 0.2) is 5.78 Å². The largest absolute Gasteiger partial charge is 0.313 e. The number of thiophene rings is 1. The van der Waals surface area contributed by atoms with E-state index in [-0.39, 0.29) is 16.9 Å². The van der Waals surface area contributed by atoms with Crippen molar-refractivity contribution in [3.8, 4) is 0 Å². The van der Waals surface area contributed by atoms with E-state index in [9.17, 15) is 9.59 Å². The molecule has 0 aliphatic rings. The molecule has 3 aromatic rings. The van der Waals surface area contributed by atoms with Crippen molar-refractivity contribution in [2.75, 3.05) is 0 Å². The zero-order valence-corrected chi connectivity index (χ0v) is 14.1. The first-order valence-corrected chi connectivity index (χ1v) is 8.18. The molecule has 3 heterocycles. The molecule has 0 saturated heterocycles. The molecule has 1 N–H and O–H groups in total. The van der Waals surface area contributed by atoms with Crippen molar-refractivity contribution in [2.24, 2.45) is 0 Å². The number of carbonyl (C=O) groups excluding carboxylic acids is 1. The van der Waals surface area contributed by atoms with Gasteiger partial charge in [0, 0.05) is 22.8 Å². The van der Waals surface area contributed by atoms with Crippen molar-refractivity contribution in [1.82, 2.24) is 9.97 Å². The van der Waals surface area contributed by atoms with Crippen LogP contribution in [0.15, 0.2) is 34.6 Å². The molecule has 23 heavy (non-hydrogen) atoms. The van der Waals surface area contributed by atoms with Gasteiger partial charge in [0.1, 0.15) is 4.83 Å². The van der Waals surface area contributed by atoms with Crippen LogP contribution < -0.4 is 5.56 Å². The minimum absolute atomic E-state index is 0.156. The van der Waals surface area contributed by atoms with Gasteiger partial charge in [-0.1, -0.05) is 11.6 Å². The minimum Gasteiger partial charge on any atom is -0.313 e. The van der Waals surface area contributed by atoms with Crippen LogP contribution in [0.5, 0.6) is 0 Å². The van der Waals surface area contributed by atoms with E-state index in [4.69, 9.17) is 11.6 Å². The molecule has 116 valence electrons. The first-order valence-electron chi connectivity index (χ1n) is 6.92. The van der Waals surface area contributed by atoms with Gasteiger partial charge in [0.25, 0.3) is 5.56 Å². The molecule has 0 aromatic carbocycles. The average Bonchev–Trinajstić information content (AvgIpc) is 2.94. The number of pyridine rings is 2. The van der Waals surface area contributed by atoms with E-state index < -0.39 is 0 Å². The van der Waals surface area contributed by atoms with Gasteiger partial charge in [-0.05, 0) is 49.1 Å². The number of allylic oxidation sites excluding steroid dienone is 1. The molecule has 0 spiro atoms. The lowest BCUT2D eigenvalue weighted by molar-refractivity contribution is 0.104. The number of hydrogen-bond acceptors (Lipinski definition) is 4. The summed E-state index contributed by atoms with van der Waals surface area (Å²) >= 11 is 7.55. The second-order valence-corrected chi connectivity index (χ2v) is 6.49. The SMILES string of the molecule is Cc1cc(Cl)c(/C=C/C(=O)c2c(C)c3ccsc3[nH]c2=O)cn1. The van der Waals surface area contributed by atoms with Crippen molar-refractivity contribution in [3.05, 3.63) is 67.5 Å². The predicted molar refractivity (Wildman–Crippen MR) is 94.5 cm³/mol. The molecule has 6 heteroatoms. The summed E-state index contributed by atoms with van der Waals surface area (Å²) in [5.74, 6) is -0.353. The summed E-state index contributed by atoms with van der Waals surface area (Å²) in [6.45, 7) is 3.62. The molecular weight excluding hydrogens is 332 g/mol. The molecule has 4 nitrogen and oxygen atoms in total. The third-order valence-corrected chi connectivity index (χ3v) is 4.73. The van der Waals surface area contributed by atoms with Gasteiger partial charge in [-0.15, -0.1) is 11.3 Å². The Balaban J connectivity index is 2.00. The van der Waals surface area contributed by atoms with Crippen LogP contribution in [0.2, 0.25) is 5.02 Å². The second kappa shape index (κ2) is 6.10. The maximum atomic E-state index is 12.4. The molecule has 0 aliphatic carbocycles. The maximum Gasteiger partial charge on any atom is 0.260 e. The lowest BCUT2D eigenvalue weighted by Gasteiger charge is -2.03. The Bertz CT molecular complexity index is 1000. The van der Waals surface area contributed by atoms with Crippen LogP contribution in [0.1, 0.15) is 27.2 Å². The summed E-state index contributed by atoms with van der Waals surface area (Å²) in [6, 6.07) is 3.62. The van der Waals surface area contributed by atoms with E-state index in [1.807, 2.05) is 18.4 Å². The number of aromatic nitrogens is 2. The van der Waals surface area contributed by atoms with E-state index in [0.717, 1.165) is 15.9 Å². The molecule has 0 unspecified atom stereocenters. The molecule has 0 bridgehead atoms. The van der Waals surface area contributed by atoms with Crippen LogP contribution in [0.25, 0.3) is 16.3 Å². The van der Waals surface area contributed by atoms with E-state index in [1.165, 1.54) is 17.4 Å². The highest BCUT2D eigenvalue weighted by atomic mass is 35.5. The predicted octanol–water partition coefficient (Wildman–Crippen LogP) is 4.15. The number of nitrogens with zero attached hydrogens (tertiary/aromatic N) is 1. The summed E-state index contributed by atoms with van der Waals surface area (Å²) in [5.41, 5.74) is 1.90. The average molecular weight is 345 g/mol. The number of aryl methyl sites for hydroxylation is 2. The lowest BCUT2D eigenvalue weighted by Crippen LogP contribution is -2.18. The Kier molecular flexibility index (Phi) is 4.15. The van der Waals surface area contributed by atoms with Crippen molar-refractivity contribution in [2.45, 2.75) is 13.8 Å². The second-order valence-electron chi connectivity index (χ2n) is 5.16. The Labute approximate surface area is 141 Å². The fourth-order valence-electron chi connectivity index (χ4n) is 2.38. The van der Waals surface area contributed by atoms with Crippen LogP contribution in [0, 0.1) is 13.8 Å². The molecule has 0 atom stereocenters. The van der Waals surface area contributed by atoms with Gasteiger partial charge in [0.2, 0.25) is 0 Å². The highest BCUT2D eigenvalue weighted by molar-refractivity contribution is 7.16. The van der Waals surface area contributed by atoms with E-state index in [2.05, 4.69) is 9.97 Å². The van der Waals surface area contributed by atoms with Crippen LogP contribution >= 0.6 is 22.9 Å². The zero-order chi connectivity index (χ0) is 16.6. The molecule has 0 saturated carbocycles. The van der Waals surface area contributed by atoms with E-state index >= 15 is 0 Å². The van der Waals surface area contributed by atoms with Gasteiger partial charge >= 0.3 is 0 Å². The molecule has 3 aromatic heterocycles. The van der Waals surface area contributed by atoms with Crippen molar-refractivity contribution >= 4 is 45.0 Å². The smallest absolute Gasteiger partial charge is 0.260 e. The molecule has 0 aliphatic heterocycles. The Morgan fingerprint density at radius 1 is 1.39 bits per heavy atom. The minimum atomic E-state index is -0.375. The summed E-state index contributed by atoms with van der Waals surface area (Å²) < 4.78 is 0. The fourth-order valence-corrected chi connectivity index (χ4v) is 3.49. The third kappa shape index (κ3) is 2.98. The number of nitrogens with one attached hydrogen (secondary N) is 1. The Morgan fingerprint density at radius 2 is 2.17 bits per heavy atom. The summed E-state index contributed by atoms with van der Waals surface area (Å²) in [5, 5.41) is 3.29. The van der Waals surface area contributed by atoms with Gasteiger partial charge < -0.3 is 4.98 Å². The number of aromatic amines is 1. The Morgan fingerprint density at radius 3 is 2.91 bits per heavy atom. The highest BCUT2D eigenvalue weighted by Gasteiger charge is 2.15. The number of ketones is 1. The molecule has 0 amide bonds. The van der Waals surface area contributed by atoms with Crippen LogP contribution in [-0.2, 0) is 0 Å². The quantitative estimate of drug-likeness (QED) is 0.573. The van der Waals surface area contributed by atoms with Gasteiger partial charge in [-0.25, -0.2) is 0 Å². The molecule has 0 radical (unpaired) electrons. The number of fused-ring (bicyclic) bond motifs is 1. The highest BCUT2D eigenvalue weighted by Crippen LogP contribution is 2.23. The van der Waals surface area contributed by atoms with Gasteiger partial charge in [-0.3, -0.25) is 14.6 Å². The number of carbonyl (C=O) groups is 1. The topological polar surface area (TPSA) is 62.8 Å². The normalized spacial score (nSPS) is 11.4. The maximum absolute atomic E-state index is 12.4. The van der Waals surface area contributed by atoms with E-state index in [0.29, 0.717) is 16.1 Å². The van der Waals surface area contributed by atoms with Crippen LogP contribution in [0.4, 0.5) is 0 Å². The third-order valence-electron chi connectivity index (χ3n) is 3.58.